The van der Waals surface area contributed by atoms with Gasteiger partial charge < -0.3 is 9.30 Å². The third-order valence-corrected chi connectivity index (χ3v) is 9.93. The highest BCUT2D eigenvalue weighted by Gasteiger charge is 2.38. The van der Waals surface area contributed by atoms with Gasteiger partial charge in [-0.1, -0.05) is 78.4 Å². The number of fused-ring (bicyclic) bond motifs is 6. The van der Waals surface area contributed by atoms with Crippen molar-refractivity contribution >= 4 is 27.7 Å². The van der Waals surface area contributed by atoms with Gasteiger partial charge in [0, 0.05) is 33.8 Å². The summed E-state index contributed by atoms with van der Waals surface area (Å²) in [5, 5.41) is 2.44. The second-order valence-electron chi connectivity index (χ2n) is 13.2. The van der Waals surface area contributed by atoms with Crippen molar-refractivity contribution in [2.45, 2.75) is 45.8 Å². The van der Waals surface area contributed by atoms with E-state index in [1.165, 1.54) is 38.6 Å². The largest absolute Gasteiger partial charge is 0.467 e. The quantitative estimate of drug-likeness (QED) is 0.199. The lowest BCUT2D eigenvalue weighted by atomic mass is 9.83. The summed E-state index contributed by atoms with van der Waals surface area (Å²) < 4.78 is 9.24. The molecular formula is C43H35N3O. The summed E-state index contributed by atoms with van der Waals surface area (Å²) in [5.74, 6) is 0.733. The second kappa shape index (κ2) is 10.8. The smallest absolute Gasteiger partial charge is 0.217 e. The summed E-state index contributed by atoms with van der Waals surface area (Å²) in [5.41, 5.74) is 15.3. The Labute approximate surface area is 275 Å². The van der Waals surface area contributed by atoms with Gasteiger partial charge >= 0.3 is 0 Å². The van der Waals surface area contributed by atoms with Gasteiger partial charge in [0.05, 0.1) is 22.8 Å². The lowest BCUT2D eigenvalue weighted by molar-refractivity contribution is 0.182. The number of aromatic nitrogens is 2. The van der Waals surface area contributed by atoms with Crippen molar-refractivity contribution in [1.82, 2.24) is 9.55 Å². The lowest BCUT2D eigenvalue weighted by Gasteiger charge is -2.27. The number of para-hydroxylation sites is 1. The van der Waals surface area contributed by atoms with E-state index in [9.17, 15) is 0 Å². The Kier molecular flexibility index (Phi) is 6.39. The zero-order valence-electron chi connectivity index (χ0n) is 26.9. The number of benzene rings is 5. The van der Waals surface area contributed by atoms with Crippen molar-refractivity contribution in [3.63, 3.8) is 0 Å². The molecule has 9 rings (SSSR count). The summed E-state index contributed by atoms with van der Waals surface area (Å²) in [7, 11) is 0. The minimum absolute atomic E-state index is 0.0474. The number of aliphatic imine (C=N–C) groups is 1. The van der Waals surface area contributed by atoms with Gasteiger partial charge in [0.15, 0.2) is 0 Å². The molecule has 0 unspecified atom stereocenters. The molecule has 4 heteroatoms. The Bertz CT molecular complexity index is 2380. The van der Waals surface area contributed by atoms with Crippen LogP contribution in [0.2, 0.25) is 0 Å². The van der Waals surface area contributed by atoms with E-state index in [1.54, 1.807) is 0 Å². The SMILES string of the molecule is Cc1ccnc(-c2ccc3c4ccccc4n(-c4cc(C5=N[C@@H]6CCc7c(C)cc(C)cc7[C@@H]6O5)cc(-c5ccccc5)c4)c3c2)c1. The van der Waals surface area contributed by atoms with Crippen molar-refractivity contribution < 1.29 is 4.74 Å². The normalized spacial score (nSPS) is 17.0. The van der Waals surface area contributed by atoms with Gasteiger partial charge in [-0.05, 0) is 109 Å². The van der Waals surface area contributed by atoms with E-state index in [2.05, 4.69) is 135 Å². The molecule has 4 nitrogen and oxygen atoms in total. The predicted molar refractivity (Wildman–Crippen MR) is 193 cm³/mol. The minimum atomic E-state index is -0.0474. The monoisotopic (exact) mass is 609 g/mol. The van der Waals surface area contributed by atoms with Gasteiger partial charge in [-0.25, -0.2) is 4.99 Å². The Balaban J connectivity index is 1.24. The summed E-state index contributed by atoms with van der Waals surface area (Å²) in [6.07, 6.45) is 3.88. The van der Waals surface area contributed by atoms with Crippen LogP contribution in [0.1, 0.15) is 45.9 Å². The predicted octanol–water partition coefficient (Wildman–Crippen LogP) is 10.3. The third kappa shape index (κ3) is 4.67. The van der Waals surface area contributed by atoms with Crippen LogP contribution >= 0.6 is 0 Å². The number of ether oxygens (including phenoxy) is 1. The first-order chi connectivity index (χ1) is 23.0. The molecule has 2 aromatic heterocycles. The number of rotatable bonds is 4. The van der Waals surface area contributed by atoms with E-state index in [0.717, 1.165) is 63.4 Å². The van der Waals surface area contributed by atoms with E-state index in [0.29, 0.717) is 0 Å². The second-order valence-corrected chi connectivity index (χ2v) is 13.2. The highest BCUT2D eigenvalue weighted by atomic mass is 16.5. The van der Waals surface area contributed by atoms with E-state index in [4.69, 9.17) is 14.7 Å². The Morgan fingerprint density at radius 2 is 1.47 bits per heavy atom. The molecule has 3 heterocycles. The van der Waals surface area contributed by atoms with Crippen LogP contribution < -0.4 is 0 Å². The zero-order valence-corrected chi connectivity index (χ0v) is 26.9. The Hall–Kier alpha value is -5.48. The fourth-order valence-corrected chi connectivity index (χ4v) is 7.76. The first kappa shape index (κ1) is 27.8. The molecule has 0 saturated carbocycles. The summed E-state index contributed by atoms with van der Waals surface area (Å²) in [6.45, 7) is 6.52. The zero-order chi connectivity index (χ0) is 31.6. The molecule has 0 amide bonds. The van der Waals surface area contributed by atoms with Crippen molar-refractivity contribution in [3.8, 4) is 28.1 Å². The fourth-order valence-electron chi connectivity index (χ4n) is 7.76. The van der Waals surface area contributed by atoms with Gasteiger partial charge in [0.25, 0.3) is 0 Å². The van der Waals surface area contributed by atoms with Crippen molar-refractivity contribution in [2.75, 3.05) is 0 Å². The highest BCUT2D eigenvalue weighted by molar-refractivity contribution is 6.10. The molecule has 5 aromatic carbocycles. The van der Waals surface area contributed by atoms with Gasteiger partial charge in [0.2, 0.25) is 5.90 Å². The number of aryl methyl sites for hydroxylation is 3. The summed E-state index contributed by atoms with van der Waals surface area (Å²) >= 11 is 0. The molecule has 0 fully saturated rings. The molecule has 7 aromatic rings. The van der Waals surface area contributed by atoms with E-state index in [-0.39, 0.29) is 12.1 Å². The van der Waals surface area contributed by atoms with Crippen LogP contribution in [0.15, 0.2) is 126 Å². The van der Waals surface area contributed by atoms with Gasteiger partial charge in [0.1, 0.15) is 6.10 Å². The molecule has 47 heavy (non-hydrogen) atoms. The molecule has 0 N–H and O–H groups in total. The van der Waals surface area contributed by atoms with E-state index >= 15 is 0 Å². The maximum absolute atomic E-state index is 6.85. The summed E-state index contributed by atoms with van der Waals surface area (Å²) in [4.78, 5) is 9.97. The summed E-state index contributed by atoms with van der Waals surface area (Å²) in [6, 6.07) is 41.7. The van der Waals surface area contributed by atoms with Crippen LogP contribution in [-0.4, -0.2) is 21.5 Å². The first-order valence-corrected chi connectivity index (χ1v) is 16.5. The molecule has 2 aliphatic rings. The molecule has 1 aliphatic heterocycles. The van der Waals surface area contributed by atoms with Crippen molar-refractivity contribution in [2.24, 2.45) is 4.99 Å². The average molecular weight is 610 g/mol. The van der Waals surface area contributed by atoms with Crippen molar-refractivity contribution in [3.05, 3.63) is 155 Å². The van der Waals surface area contributed by atoms with Crippen LogP contribution in [0.5, 0.6) is 0 Å². The molecule has 0 radical (unpaired) electrons. The van der Waals surface area contributed by atoms with E-state index in [1.807, 2.05) is 12.3 Å². The molecular weight excluding hydrogens is 574 g/mol. The molecule has 228 valence electrons. The number of pyridine rings is 1. The number of nitrogens with zero attached hydrogens (tertiary/aromatic N) is 3. The molecule has 0 bridgehead atoms. The average Bonchev–Trinajstić information content (AvgIpc) is 3.68. The molecule has 1 aliphatic carbocycles. The van der Waals surface area contributed by atoms with Crippen LogP contribution in [0.4, 0.5) is 0 Å². The van der Waals surface area contributed by atoms with Crippen molar-refractivity contribution in [1.29, 1.82) is 0 Å². The first-order valence-electron chi connectivity index (χ1n) is 16.5. The van der Waals surface area contributed by atoms with Gasteiger partial charge in [-0.2, -0.15) is 0 Å². The van der Waals surface area contributed by atoms with Gasteiger partial charge in [-0.3, -0.25) is 4.98 Å². The van der Waals surface area contributed by atoms with E-state index < -0.39 is 0 Å². The highest BCUT2D eigenvalue weighted by Crippen LogP contribution is 2.42. The number of hydrogen-bond acceptors (Lipinski definition) is 3. The Morgan fingerprint density at radius 3 is 2.34 bits per heavy atom. The maximum Gasteiger partial charge on any atom is 0.217 e. The maximum atomic E-state index is 6.85. The van der Waals surface area contributed by atoms with Crippen LogP contribution in [0.3, 0.4) is 0 Å². The Morgan fingerprint density at radius 1 is 0.660 bits per heavy atom. The van der Waals surface area contributed by atoms with Crippen LogP contribution in [0, 0.1) is 20.8 Å². The fraction of sp³-hybridized carbons (Fsp3) is 0.163. The molecule has 2 atom stereocenters. The minimum Gasteiger partial charge on any atom is -0.467 e. The van der Waals surface area contributed by atoms with Crippen LogP contribution in [-0.2, 0) is 11.2 Å². The molecule has 0 saturated heterocycles. The standard InChI is InChI=1S/C43H35N3O/c1-26-17-18-44-39(21-26)30-13-14-36-35-11-7-8-12-40(35)46(41(36)25-30)33-23-31(29-9-5-4-6-10-29)22-32(24-33)43-45-38-16-15-34-28(3)19-27(2)20-37(34)42(38)47-43/h4-14,17-25,38,42H,15-16H2,1-3H3/t38-,42+/m1/s1. The van der Waals surface area contributed by atoms with Gasteiger partial charge in [-0.15, -0.1) is 0 Å². The van der Waals surface area contributed by atoms with Crippen LogP contribution in [0.25, 0.3) is 49.9 Å². The molecule has 0 spiro atoms. The topological polar surface area (TPSA) is 39.4 Å². The lowest BCUT2D eigenvalue weighted by Crippen LogP contribution is -2.22. The number of hydrogen-bond donors (Lipinski definition) is 0. The third-order valence-electron chi connectivity index (χ3n) is 9.93.